The summed E-state index contributed by atoms with van der Waals surface area (Å²) in [5, 5.41) is 10.7. The molecule has 11 heteroatoms. The zero-order valence-corrected chi connectivity index (χ0v) is 13.3. The van der Waals surface area contributed by atoms with Gasteiger partial charge in [-0.25, -0.2) is 0 Å². The molecule has 1 heterocycles. The Morgan fingerprint density at radius 3 is 2.57 bits per heavy atom. The molecule has 0 bridgehead atoms. The molecule has 2 aromatic rings. The second kappa shape index (κ2) is 7.04. The highest BCUT2D eigenvalue weighted by Gasteiger charge is 2.30. The summed E-state index contributed by atoms with van der Waals surface area (Å²) >= 11 is 2.38. The van der Waals surface area contributed by atoms with Crippen LogP contribution in [0.25, 0.3) is 0 Å². The van der Waals surface area contributed by atoms with E-state index in [2.05, 4.69) is 20.3 Å². The van der Waals surface area contributed by atoms with Crippen LogP contribution in [0.3, 0.4) is 0 Å². The van der Waals surface area contributed by atoms with Gasteiger partial charge in [0, 0.05) is 5.69 Å². The van der Waals surface area contributed by atoms with E-state index in [1.54, 1.807) is 6.92 Å². The molecule has 1 aromatic heterocycles. The molecule has 0 radical (unpaired) electrons. The number of halogens is 3. The van der Waals surface area contributed by atoms with Crippen LogP contribution in [0.5, 0.6) is 5.75 Å². The Bertz CT molecular complexity index is 676. The molecule has 0 fully saturated rings. The van der Waals surface area contributed by atoms with Crippen molar-refractivity contribution in [2.45, 2.75) is 22.9 Å². The summed E-state index contributed by atoms with van der Waals surface area (Å²) in [6, 6.07) is 5.20. The molecule has 0 unspecified atom stereocenters. The van der Waals surface area contributed by atoms with Crippen molar-refractivity contribution in [1.29, 1.82) is 0 Å². The number of anilines is 2. The predicted octanol–water partition coefficient (Wildman–Crippen LogP) is 3.15. The number of thioether (sulfide) groups is 1. The molecule has 0 saturated heterocycles. The van der Waals surface area contributed by atoms with Gasteiger partial charge in [0.15, 0.2) is 4.34 Å². The predicted molar refractivity (Wildman–Crippen MR) is 80.8 cm³/mol. The van der Waals surface area contributed by atoms with Gasteiger partial charge in [0.25, 0.3) is 0 Å². The smallest absolute Gasteiger partial charge is 0.406 e. The van der Waals surface area contributed by atoms with Crippen LogP contribution in [0, 0.1) is 0 Å². The van der Waals surface area contributed by atoms with Crippen LogP contribution >= 0.6 is 23.1 Å². The maximum atomic E-state index is 12.1. The Morgan fingerprint density at radius 2 is 2.00 bits per heavy atom. The van der Waals surface area contributed by atoms with Gasteiger partial charge in [-0.15, -0.1) is 23.4 Å². The molecule has 6 nitrogen and oxygen atoms in total. The topological polar surface area (TPSA) is 90.1 Å². The van der Waals surface area contributed by atoms with Gasteiger partial charge in [-0.2, -0.15) is 0 Å². The maximum Gasteiger partial charge on any atom is 0.573 e. The lowest BCUT2D eigenvalue weighted by atomic mass is 10.3. The molecule has 0 aliphatic heterocycles. The standard InChI is InChI=1S/C12H11F3N4O2S2/c1-6(9(16)20)22-11-19-18-10(23-11)17-7-2-4-8(5-3-7)21-12(13,14)15/h2-6H,1H3,(H2,16,20)(H,17,18)/t6-/m1/s1. The number of hydrogen-bond acceptors (Lipinski definition) is 7. The Kier molecular flexibility index (Phi) is 5.31. The first kappa shape index (κ1) is 17.3. The number of rotatable bonds is 6. The van der Waals surface area contributed by atoms with Crippen molar-refractivity contribution in [3.63, 3.8) is 0 Å². The van der Waals surface area contributed by atoms with Gasteiger partial charge in [0.1, 0.15) is 5.75 Å². The minimum Gasteiger partial charge on any atom is -0.406 e. The third-order valence-corrected chi connectivity index (χ3v) is 4.47. The summed E-state index contributed by atoms with van der Waals surface area (Å²) in [6.07, 6.45) is -4.72. The number of hydrogen-bond donors (Lipinski definition) is 2. The van der Waals surface area contributed by atoms with Gasteiger partial charge >= 0.3 is 6.36 Å². The van der Waals surface area contributed by atoms with E-state index in [9.17, 15) is 18.0 Å². The number of primary amides is 1. The Balaban J connectivity index is 1.97. The van der Waals surface area contributed by atoms with Crippen molar-refractivity contribution in [2.24, 2.45) is 5.73 Å². The Labute approximate surface area is 137 Å². The largest absolute Gasteiger partial charge is 0.573 e. The first-order valence-electron chi connectivity index (χ1n) is 6.15. The number of alkyl halides is 3. The monoisotopic (exact) mass is 364 g/mol. The Morgan fingerprint density at radius 1 is 1.35 bits per heavy atom. The zero-order valence-electron chi connectivity index (χ0n) is 11.6. The molecule has 3 N–H and O–H groups in total. The molecule has 0 spiro atoms. The minimum atomic E-state index is -4.72. The van der Waals surface area contributed by atoms with Crippen LogP contribution in [-0.4, -0.2) is 27.7 Å². The van der Waals surface area contributed by atoms with Crippen LogP contribution in [0.1, 0.15) is 6.92 Å². The lowest BCUT2D eigenvalue weighted by Gasteiger charge is -2.09. The molecule has 0 saturated carbocycles. The molecule has 0 aliphatic carbocycles. The summed E-state index contributed by atoms with van der Waals surface area (Å²) in [5.74, 6) is -0.771. The molecule has 1 aromatic carbocycles. The fraction of sp³-hybridized carbons (Fsp3) is 0.250. The minimum absolute atomic E-state index is 0.313. The average molecular weight is 364 g/mol. The first-order valence-corrected chi connectivity index (χ1v) is 7.85. The number of amides is 1. The lowest BCUT2D eigenvalue weighted by molar-refractivity contribution is -0.274. The summed E-state index contributed by atoms with van der Waals surface area (Å²) in [7, 11) is 0. The number of carbonyl (C=O) groups excluding carboxylic acids is 1. The normalized spacial score (nSPS) is 12.7. The molecule has 23 heavy (non-hydrogen) atoms. The third-order valence-electron chi connectivity index (χ3n) is 2.42. The molecular formula is C12H11F3N4O2S2. The van der Waals surface area contributed by atoms with Crippen LogP contribution < -0.4 is 15.8 Å². The molecule has 2 rings (SSSR count). The van der Waals surface area contributed by atoms with E-state index in [0.717, 1.165) is 0 Å². The van der Waals surface area contributed by atoms with E-state index < -0.39 is 17.5 Å². The molecule has 0 aliphatic rings. The van der Waals surface area contributed by atoms with E-state index in [4.69, 9.17) is 5.73 Å². The van der Waals surface area contributed by atoms with Gasteiger partial charge in [-0.05, 0) is 31.2 Å². The SMILES string of the molecule is C[C@@H](Sc1nnc(Nc2ccc(OC(F)(F)F)cc2)s1)C(N)=O. The van der Waals surface area contributed by atoms with Crippen LogP contribution in [0.15, 0.2) is 28.6 Å². The van der Waals surface area contributed by atoms with Crippen molar-refractivity contribution in [3.8, 4) is 5.75 Å². The van der Waals surface area contributed by atoms with E-state index in [1.807, 2.05) is 0 Å². The van der Waals surface area contributed by atoms with Crippen molar-refractivity contribution >= 4 is 39.8 Å². The van der Waals surface area contributed by atoms with Crippen molar-refractivity contribution in [2.75, 3.05) is 5.32 Å². The number of nitrogens with zero attached hydrogens (tertiary/aromatic N) is 2. The number of nitrogens with two attached hydrogens (primary N) is 1. The quantitative estimate of drug-likeness (QED) is 0.766. The van der Waals surface area contributed by atoms with Crippen LogP contribution in [0.4, 0.5) is 24.0 Å². The zero-order chi connectivity index (χ0) is 17.0. The van der Waals surface area contributed by atoms with Gasteiger partial charge in [0.2, 0.25) is 11.0 Å². The van der Waals surface area contributed by atoms with E-state index >= 15 is 0 Å². The molecule has 1 atom stereocenters. The van der Waals surface area contributed by atoms with Crippen molar-refractivity contribution < 1.29 is 22.7 Å². The highest BCUT2D eigenvalue weighted by Crippen LogP contribution is 2.31. The highest BCUT2D eigenvalue weighted by molar-refractivity contribution is 8.02. The van der Waals surface area contributed by atoms with E-state index in [0.29, 0.717) is 15.2 Å². The fourth-order valence-electron chi connectivity index (χ4n) is 1.38. The summed E-state index contributed by atoms with van der Waals surface area (Å²) in [5.41, 5.74) is 5.68. The molecular weight excluding hydrogens is 353 g/mol. The number of nitrogens with one attached hydrogen (secondary N) is 1. The summed E-state index contributed by atoms with van der Waals surface area (Å²) in [4.78, 5) is 11.0. The first-order chi connectivity index (χ1) is 10.7. The maximum absolute atomic E-state index is 12.1. The number of ether oxygens (including phenoxy) is 1. The fourth-order valence-corrected chi connectivity index (χ4v) is 3.25. The second-order valence-corrected chi connectivity index (χ2v) is 6.80. The van der Waals surface area contributed by atoms with Gasteiger partial charge in [-0.3, -0.25) is 4.79 Å². The summed E-state index contributed by atoms with van der Waals surface area (Å²) < 4.78 is 40.5. The lowest BCUT2D eigenvalue weighted by Crippen LogP contribution is -2.22. The molecule has 1 amide bonds. The number of aromatic nitrogens is 2. The highest BCUT2D eigenvalue weighted by atomic mass is 32.2. The number of carbonyl (C=O) groups is 1. The number of benzene rings is 1. The van der Waals surface area contributed by atoms with Crippen LogP contribution in [-0.2, 0) is 4.79 Å². The Hall–Kier alpha value is -2.01. The molecule has 124 valence electrons. The third kappa shape index (κ3) is 5.60. The second-order valence-electron chi connectivity index (χ2n) is 4.23. The van der Waals surface area contributed by atoms with Gasteiger partial charge in [-0.1, -0.05) is 23.1 Å². The van der Waals surface area contributed by atoms with E-state index in [-0.39, 0.29) is 5.75 Å². The van der Waals surface area contributed by atoms with Gasteiger partial charge < -0.3 is 15.8 Å². The van der Waals surface area contributed by atoms with Crippen molar-refractivity contribution in [3.05, 3.63) is 24.3 Å². The summed E-state index contributed by atoms with van der Waals surface area (Å²) in [6.45, 7) is 1.65. The van der Waals surface area contributed by atoms with Crippen molar-refractivity contribution in [1.82, 2.24) is 10.2 Å². The van der Waals surface area contributed by atoms with Crippen LogP contribution in [0.2, 0.25) is 0 Å². The van der Waals surface area contributed by atoms with Gasteiger partial charge in [0.05, 0.1) is 5.25 Å². The average Bonchev–Trinajstić information content (AvgIpc) is 2.86. The van der Waals surface area contributed by atoms with E-state index in [1.165, 1.54) is 47.4 Å².